The lowest BCUT2D eigenvalue weighted by atomic mass is 9.97. The molecular weight excluding hydrogens is 166 g/mol. The summed E-state index contributed by atoms with van der Waals surface area (Å²) in [6.07, 6.45) is 2.93. The molecule has 0 bridgehead atoms. The van der Waals surface area contributed by atoms with Crippen LogP contribution in [-0.4, -0.2) is 29.5 Å². The third kappa shape index (κ3) is 0.957. The third-order valence-corrected chi connectivity index (χ3v) is 2.98. The molecule has 0 saturated carbocycles. The Hall–Kier alpha value is -0.870. The molecule has 1 fully saturated rings. The van der Waals surface area contributed by atoms with Gasteiger partial charge in [-0.05, 0) is 19.0 Å². The molecule has 1 atom stereocenters. The molecular formula is C9H13N3O. The molecule has 1 aromatic rings. The Bertz CT molecular complexity index is 314. The minimum absolute atomic E-state index is 0.0747. The van der Waals surface area contributed by atoms with Gasteiger partial charge in [0.25, 0.3) is 0 Å². The van der Waals surface area contributed by atoms with Crippen molar-refractivity contribution < 1.29 is 4.74 Å². The highest BCUT2D eigenvalue weighted by Gasteiger charge is 2.41. The van der Waals surface area contributed by atoms with Crippen LogP contribution in [0.4, 0.5) is 0 Å². The Kier molecular flexibility index (Phi) is 1.48. The molecule has 0 radical (unpaired) electrons. The van der Waals surface area contributed by atoms with E-state index in [-0.39, 0.29) is 5.60 Å². The molecule has 70 valence electrons. The van der Waals surface area contributed by atoms with Crippen molar-refractivity contribution in [3.8, 4) is 0 Å². The van der Waals surface area contributed by atoms with Gasteiger partial charge in [0, 0.05) is 12.7 Å². The fourth-order valence-corrected chi connectivity index (χ4v) is 2.31. The summed E-state index contributed by atoms with van der Waals surface area (Å²) in [5.74, 6) is 0. The molecule has 4 nitrogen and oxygen atoms in total. The Morgan fingerprint density at radius 2 is 2.62 bits per heavy atom. The van der Waals surface area contributed by atoms with E-state index >= 15 is 0 Å². The highest BCUT2D eigenvalue weighted by molar-refractivity contribution is 5.17. The van der Waals surface area contributed by atoms with E-state index < -0.39 is 0 Å². The molecule has 4 heteroatoms. The van der Waals surface area contributed by atoms with Gasteiger partial charge in [0.2, 0.25) is 0 Å². The first-order valence-electron chi connectivity index (χ1n) is 4.78. The van der Waals surface area contributed by atoms with Gasteiger partial charge in [-0.1, -0.05) is 0 Å². The second-order valence-corrected chi connectivity index (χ2v) is 3.71. The number of ether oxygens (including phenoxy) is 1. The average molecular weight is 179 g/mol. The molecule has 2 aliphatic rings. The average Bonchev–Trinajstić information content (AvgIpc) is 2.74. The minimum Gasteiger partial charge on any atom is -0.365 e. The van der Waals surface area contributed by atoms with Crippen molar-refractivity contribution in [2.45, 2.75) is 18.6 Å². The van der Waals surface area contributed by atoms with E-state index in [0.717, 1.165) is 32.7 Å². The van der Waals surface area contributed by atoms with Gasteiger partial charge in [0.05, 0.1) is 18.8 Å². The first-order chi connectivity index (χ1) is 6.41. The molecule has 1 spiro atoms. The van der Waals surface area contributed by atoms with Gasteiger partial charge < -0.3 is 10.1 Å². The molecule has 1 unspecified atom stereocenters. The van der Waals surface area contributed by atoms with Gasteiger partial charge in [-0.2, -0.15) is 5.10 Å². The van der Waals surface area contributed by atoms with E-state index in [2.05, 4.69) is 21.2 Å². The largest absolute Gasteiger partial charge is 0.365 e. The predicted molar refractivity (Wildman–Crippen MR) is 47.3 cm³/mol. The first kappa shape index (κ1) is 7.53. The molecule has 13 heavy (non-hydrogen) atoms. The molecule has 0 amide bonds. The van der Waals surface area contributed by atoms with Gasteiger partial charge in [-0.3, -0.25) is 4.68 Å². The Morgan fingerprint density at radius 3 is 3.46 bits per heavy atom. The van der Waals surface area contributed by atoms with E-state index in [4.69, 9.17) is 4.74 Å². The molecule has 3 rings (SSSR count). The number of fused-ring (bicyclic) bond motifs is 2. The van der Waals surface area contributed by atoms with Crippen LogP contribution in [0.25, 0.3) is 0 Å². The highest BCUT2D eigenvalue weighted by Crippen LogP contribution is 2.34. The summed E-state index contributed by atoms with van der Waals surface area (Å²) >= 11 is 0. The highest BCUT2D eigenvalue weighted by atomic mass is 16.5. The normalized spacial score (nSPS) is 32.3. The summed E-state index contributed by atoms with van der Waals surface area (Å²) in [7, 11) is 0. The van der Waals surface area contributed by atoms with E-state index in [0.29, 0.717) is 0 Å². The predicted octanol–water partition coefficient (Wildman–Crippen LogP) is 0.102. The minimum atomic E-state index is -0.0747. The van der Waals surface area contributed by atoms with Crippen molar-refractivity contribution in [3.05, 3.63) is 18.0 Å². The maximum absolute atomic E-state index is 5.89. The number of hydrogen-bond acceptors (Lipinski definition) is 3. The van der Waals surface area contributed by atoms with Crippen LogP contribution >= 0.6 is 0 Å². The van der Waals surface area contributed by atoms with Crippen molar-refractivity contribution in [2.24, 2.45) is 0 Å². The number of aromatic nitrogens is 2. The molecule has 1 saturated heterocycles. The summed E-state index contributed by atoms with van der Waals surface area (Å²) in [5, 5.41) is 7.63. The summed E-state index contributed by atoms with van der Waals surface area (Å²) < 4.78 is 7.95. The van der Waals surface area contributed by atoms with Crippen LogP contribution < -0.4 is 5.32 Å². The first-order valence-corrected chi connectivity index (χ1v) is 4.78. The molecule has 3 heterocycles. The van der Waals surface area contributed by atoms with Crippen LogP contribution in [0.5, 0.6) is 0 Å². The Balaban J connectivity index is 2.08. The van der Waals surface area contributed by atoms with Crippen LogP contribution in [0.3, 0.4) is 0 Å². The van der Waals surface area contributed by atoms with Crippen LogP contribution in [0.15, 0.2) is 12.3 Å². The van der Waals surface area contributed by atoms with E-state index in [1.54, 1.807) is 0 Å². The van der Waals surface area contributed by atoms with E-state index in [1.807, 2.05) is 6.20 Å². The summed E-state index contributed by atoms with van der Waals surface area (Å²) in [6, 6.07) is 2.08. The Labute approximate surface area is 76.9 Å². The second-order valence-electron chi connectivity index (χ2n) is 3.71. The van der Waals surface area contributed by atoms with Crippen LogP contribution in [0.1, 0.15) is 12.1 Å². The Morgan fingerprint density at radius 1 is 1.62 bits per heavy atom. The number of nitrogens with one attached hydrogen (secondary N) is 1. The lowest BCUT2D eigenvalue weighted by Gasteiger charge is -2.33. The van der Waals surface area contributed by atoms with Crippen LogP contribution in [0, 0.1) is 0 Å². The summed E-state index contributed by atoms with van der Waals surface area (Å²) in [6.45, 7) is 3.66. The summed E-state index contributed by atoms with van der Waals surface area (Å²) in [5.41, 5.74) is 1.16. The fraction of sp³-hybridized carbons (Fsp3) is 0.667. The third-order valence-electron chi connectivity index (χ3n) is 2.98. The zero-order chi connectivity index (χ0) is 8.73. The van der Waals surface area contributed by atoms with E-state index in [9.17, 15) is 0 Å². The van der Waals surface area contributed by atoms with Gasteiger partial charge >= 0.3 is 0 Å². The molecule has 1 N–H and O–H groups in total. The van der Waals surface area contributed by atoms with E-state index in [1.165, 1.54) is 5.69 Å². The monoisotopic (exact) mass is 179 g/mol. The zero-order valence-electron chi connectivity index (χ0n) is 7.49. The number of rotatable bonds is 0. The van der Waals surface area contributed by atoms with Crippen LogP contribution in [-0.2, 0) is 16.9 Å². The van der Waals surface area contributed by atoms with Gasteiger partial charge in [0.1, 0.15) is 5.60 Å². The molecule has 2 aliphatic heterocycles. The van der Waals surface area contributed by atoms with Crippen molar-refractivity contribution in [1.82, 2.24) is 15.1 Å². The second kappa shape index (κ2) is 2.56. The van der Waals surface area contributed by atoms with Gasteiger partial charge in [-0.15, -0.1) is 0 Å². The zero-order valence-corrected chi connectivity index (χ0v) is 7.49. The standard InChI is InChI=1S/C9H13N3O/c1-3-11-12-5-6-13-9(8(1)12)2-4-10-7-9/h1,3,10H,2,4-7H2. The van der Waals surface area contributed by atoms with Gasteiger partial charge in [0.15, 0.2) is 0 Å². The fourth-order valence-electron chi connectivity index (χ4n) is 2.31. The van der Waals surface area contributed by atoms with Crippen molar-refractivity contribution in [3.63, 3.8) is 0 Å². The molecule has 0 aromatic carbocycles. The quantitative estimate of drug-likeness (QED) is 0.614. The lowest BCUT2D eigenvalue weighted by Crippen LogP contribution is -2.40. The maximum atomic E-state index is 5.89. The smallest absolute Gasteiger partial charge is 0.123 e. The van der Waals surface area contributed by atoms with Crippen LogP contribution in [0.2, 0.25) is 0 Å². The van der Waals surface area contributed by atoms with Crippen molar-refractivity contribution in [1.29, 1.82) is 0 Å². The van der Waals surface area contributed by atoms with Gasteiger partial charge in [-0.25, -0.2) is 0 Å². The summed E-state index contributed by atoms with van der Waals surface area (Å²) in [4.78, 5) is 0. The number of nitrogens with zero attached hydrogens (tertiary/aromatic N) is 2. The van der Waals surface area contributed by atoms with Crippen molar-refractivity contribution >= 4 is 0 Å². The van der Waals surface area contributed by atoms with Crippen molar-refractivity contribution in [2.75, 3.05) is 19.7 Å². The lowest BCUT2D eigenvalue weighted by molar-refractivity contribution is -0.0657. The molecule has 1 aromatic heterocycles. The topological polar surface area (TPSA) is 39.1 Å². The number of hydrogen-bond donors (Lipinski definition) is 1. The maximum Gasteiger partial charge on any atom is 0.123 e. The SMILES string of the molecule is c1cc2n(n1)CCOC21CCNC1. The molecule has 0 aliphatic carbocycles.